The highest BCUT2D eigenvalue weighted by Crippen LogP contribution is 2.45. The maximum atomic E-state index is 11.8. The topological polar surface area (TPSA) is 75.1 Å². The van der Waals surface area contributed by atoms with Crippen molar-refractivity contribution in [1.29, 1.82) is 0 Å². The van der Waals surface area contributed by atoms with E-state index < -0.39 is 14.4 Å². The molecule has 0 aliphatic carbocycles. The van der Waals surface area contributed by atoms with Crippen molar-refractivity contribution in [3.05, 3.63) is 45.9 Å². The lowest BCUT2D eigenvalue weighted by molar-refractivity contribution is 0.0934. The van der Waals surface area contributed by atoms with Crippen LogP contribution in [0.1, 0.15) is 37.6 Å². The van der Waals surface area contributed by atoms with Crippen LogP contribution in [0, 0.1) is 0 Å². The van der Waals surface area contributed by atoms with Crippen LogP contribution < -0.4 is 4.90 Å². The lowest BCUT2D eigenvalue weighted by atomic mass is 9.92. The molecule has 4 heterocycles. The van der Waals surface area contributed by atoms with Crippen LogP contribution >= 0.6 is 22.9 Å². The summed E-state index contributed by atoms with van der Waals surface area (Å²) >= 11 is 8.43. The third-order valence-electron chi connectivity index (χ3n) is 8.63. The Morgan fingerprint density at radius 2 is 2.00 bits per heavy atom. The second-order valence-corrected chi connectivity index (χ2v) is 18.5. The fourth-order valence-electron chi connectivity index (χ4n) is 5.46. The van der Waals surface area contributed by atoms with Crippen molar-refractivity contribution >= 4 is 53.3 Å². The van der Waals surface area contributed by atoms with Crippen LogP contribution in [0.25, 0.3) is 21.3 Å². The number of halogens is 1. The van der Waals surface area contributed by atoms with Gasteiger partial charge in [-0.15, -0.1) is 11.3 Å². The molecule has 0 radical (unpaired) electrons. The second-order valence-electron chi connectivity index (χ2n) is 12.1. The molecule has 5 rings (SSSR count). The molecule has 2 atom stereocenters. The number of fused-ring (bicyclic) bond motifs is 2. The van der Waals surface area contributed by atoms with E-state index in [1.807, 2.05) is 12.3 Å². The summed E-state index contributed by atoms with van der Waals surface area (Å²) in [5.41, 5.74) is 5.43. The normalized spacial score (nSPS) is 20.1. The molecule has 3 aromatic rings. The van der Waals surface area contributed by atoms with Crippen LogP contribution in [0.2, 0.25) is 23.2 Å². The number of nitrogens with zero attached hydrogens (tertiary/aromatic N) is 3. The van der Waals surface area contributed by atoms with Crippen LogP contribution in [0.15, 0.2) is 30.5 Å². The van der Waals surface area contributed by atoms with E-state index in [4.69, 9.17) is 25.7 Å². The number of rotatable bonds is 6. The van der Waals surface area contributed by atoms with E-state index >= 15 is 0 Å². The molecule has 210 valence electrons. The molecule has 1 saturated heterocycles. The summed E-state index contributed by atoms with van der Waals surface area (Å²) in [6.07, 6.45) is 2.66. The zero-order valence-corrected chi connectivity index (χ0v) is 26.2. The lowest BCUT2D eigenvalue weighted by Gasteiger charge is -2.39. The summed E-state index contributed by atoms with van der Waals surface area (Å²) in [6.45, 7) is 13.5. The summed E-state index contributed by atoms with van der Waals surface area (Å²) in [4.78, 5) is 21.5. The molecule has 2 aliphatic heterocycles. The van der Waals surface area contributed by atoms with Crippen molar-refractivity contribution < 1.29 is 19.1 Å². The molecule has 39 heavy (non-hydrogen) atoms. The summed E-state index contributed by atoms with van der Waals surface area (Å²) in [5.74, 6) is 0. The van der Waals surface area contributed by atoms with Gasteiger partial charge < -0.3 is 24.1 Å². The zero-order chi connectivity index (χ0) is 28.1. The molecule has 0 bridgehead atoms. The molecular formula is C29H38ClN3O4SSi. The number of likely N-dealkylation sites (tertiary alicyclic amines) is 1. The molecule has 0 saturated carbocycles. The van der Waals surface area contributed by atoms with Gasteiger partial charge in [-0.05, 0) is 60.8 Å². The van der Waals surface area contributed by atoms with E-state index in [1.54, 1.807) is 18.4 Å². The Kier molecular flexibility index (Phi) is 7.76. The van der Waals surface area contributed by atoms with Crippen molar-refractivity contribution in [2.24, 2.45) is 0 Å². The first-order chi connectivity index (χ1) is 18.4. The van der Waals surface area contributed by atoms with Crippen LogP contribution in [-0.4, -0.2) is 68.3 Å². The Hall–Kier alpha value is -2.17. The van der Waals surface area contributed by atoms with Gasteiger partial charge in [0.2, 0.25) is 0 Å². The van der Waals surface area contributed by atoms with E-state index in [-0.39, 0.29) is 17.2 Å². The van der Waals surface area contributed by atoms with E-state index in [1.165, 1.54) is 10.5 Å². The molecule has 1 N–H and O–H groups in total. The van der Waals surface area contributed by atoms with Crippen LogP contribution in [0.4, 0.5) is 10.5 Å². The first kappa shape index (κ1) is 28.4. The van der Waals surface area contributed by atoms with Crippen LogP contribution in [0.5, 0.6) is 0 Å². The van der Waals surface area contributed by atoms with E-state index in [0.29, 0.717) is 24.7 Å². The average molecular weight is 588 g/mol. The fraction of sp³-hybridized carbons (Fsp3) is 0.517. The van der Waals surface area contributed by atoms with Crippen LogP contribution in [-0.2, 0) is 22.2 Å². The minimum atomic E-state index is -1.88. The number of carbonyl (C=O) groups is 1. The quantitative estimate of drug-likeness (QED) is 0.306. The number of hydrogen-bond donors (Lipinski definition) is 1. The number of amides is 1. The Labute approximate surface area is 240 Å². The van der Waals surface area contributed by atoms with Crippen molar-refractivity contribution in [3.8, 4) is 11.1 Å². The van der Waals surface area contributed by atoms with Gasteiger partial charge in [0.05, 0.1) is 35.5 Å². The van der Waals surface area contributed by atoms with Crippen LogP contribution in [0.3, 0.4) is 0 Å². The maximum absolute atomic E-state index is 11.8. The number of ether oxygens (including phenoxy) is 1. The first-order valence-corrected chi connectivity index (χ1v) is 17.6. The molecule has 2 aromatic heterocycles. The fourth-order valence-corrected chi connectivity index (χ4v) is 7.81. The number of anilines is 1. The minimum absolute atomic E-state index is 0.0701. The Morgan fingerprint density at radius 3 is 2.69 bits per heavy atom. The molecule has 7 nitrogen and oxygen atoms in total. The van der Waals surface area contributed by atoms with Gasteiger partial charge in [-0.3, -0.25) is 4.98 Å². The van der Waals surface area contributed by atoms with Gasteiger partial charge in [-0.1, -0.05) is 32.4 Å². The SMILES string of the molecule is COC1CN(C(=O)O)CC1N1CCCc2cc(Cl)cc(-c3ccnc4cc(CO[Si](C)(C)C(C)(C)C)sc34)c21. The van der Waals surface area contributed by atoms with Gasteiger partial charge in [0.1, 0.15) is 0 Å². The minimum Gasteiger partial charge on any atom is -0.465 e. The molecule has 1 aromatic carbocycles. The standard InChI is InChI=1S/C29H38ClN3O4SSi/c1-29(2,3)39(5,6)37-17-20-14-23-27(38-20)21(9-10-31-23)22-13-19(30)12-18-8-7-11-33(26(18)22)24-15-32(28(34)35)16-25(24)36-4/h9-10,12-14,24-25H,7-8,11,15-17H2,1-6H3,(H,34,35). The van der Waals surface area contributed by atoms with Gasteiger partial charge in [0, 0.05) is 53.1 Å². The van der Waals surface area contributed by atoms with Crippen molar-refractivity contribution in [1.82, 2.24) is 9.88 Å². The summed E-state index contributed by atoms with van der Waals surface area (Å²) < 4.78 is 13.4. The monoisotopic (exact) mass is 587 g/mol. The Morgan fingerprint density at radius 1 is 1.23 bits per heavy atom. The van der Waals surface area contributed by atoms with Gasteiger partial charge in [0.15, 0.2) is 8.32 Å². The molecule has 1 fully saturated rings. The first-order valence-electron chi connectivity index (χ1n) is 13.5. The summed E-state index contributed by atoms with van der Waals surface area (Å²) in [6, 6.07) is 8.25. The number of methoxy groups -OCH3 is 1. The molecular weight excluding hydrogens is 550 g/mol. The predicted octanol–water partition coefficient (Wildman–Crippen LogP) is 7.27. The van der Waals surface area contributed by atoms with Gasteiger partial charge in [0.25, 0.3) is 0 Å². The summed E-state index contributed by atoms with van der Waals surface area (Å²) in [7, 11) is -0.216. The highest BCUT2D eigenvalue weighted by atomic mass is 35.5. The second kappa shape index (κ2) is 10.7. The Bertz CT molecular complexity index is 1390. The predicted molar refractivity (Wildman–Crippen MR) is 162 cm³/mol. The van der Waals surface area contributed by atoms with Gasteiger partial charge in [-0.25, -0.2) is 4.79 Å². The number of thiophene rings is 1. The molecule has 2 unspecified atom stereocenters. The van der Waals surface area contributed by atoms with Crippen molar-refractivity contribution in [3.63, 3.8) is 0 Å². The van der Waals surface area contributed by atoms with Gasteiger partial charge in [-0.2, -0.15) is 0 Å². The Balaban J connectivity index is 1.56. The molecule has 10 heteroatoms. The van der Waals surface area contributed by atoms with E-state index in [2.05, 4.69) is 57.0 Å². The third-order valence-corrected chi connectivity index (χ3v) is 14.5. The van der Waals surface area contributed by atoms with E-state index in [9.17, 15) is 9.90 Å². The maximum Gasteiger partial charge on any atom is 0.407 e. The van der Waals surface area contributed by atoms with E-state index in [0.717, 1.165) is 51.3 Å². The summed E-state index contributed by atoms with van der Waals surface area (Å²) in [5, 5.41) is 10.5. The molecule has 1 amide bonds. The third kappa shape index (κ3) is 5.44. The highest BCUT2D eigenvalue weighted by Gasteiger charge is 2.41. The number of hydrogen-bond acceptors (Lipinski definition) is 6. The average Bonchev–Trinajstić information content (AvgIpc) is 3.50. The van der Waals surface area contributed by atoms with Crippen molar-refractivity contribution in [2.45, 2.75) is 70.5 Å². The lowest BCUT2D eigenvalue weighted by Crippen LogP contribution is -2.47. The molecule has 0 spiro atoms. The smallest absolute Gasteiger partial charge is 0.407 e. The number of aromatic nitrogens is 1. The number of carboxylic acid groups (broad SMARTS) is 1. The zero-order valence-electron chi connectivity index (χ0n) is 23.6. The highest BCUT2D eigenvalue weighted by molar-refractivity contribution is 7.19. The largest absolute Gasteiger partial charge is 0.465 e. The number of aryl methyl sites for hydroxylation is 1. The number of pyridine rings is 1. The van der Waals surface area contributed by atoms with Gasteiger partial charge >= 0.3 is 6.09 Å². The molecule has 2 aliphatic rings. The number of benzene rings is 1. The van der Waals surface area contributed by atoms with Crippen molar-refractivity contribution in [2.75, 3.05) is 31.6 Å².